The van der Waals surface area contributed by atoms with Gasteiger partial charge in [0.05, 0.1) is 7.95 Å². The van der Waals surface area contributed by atoms with Crippen molar-refractivity contribution in [2.75, 3.05) is 0 Å². The third kappa shape index (κ3) is 1.21. The maximum absolute atomic E-state index is 9.00. The van der Waals surface area contributed by atoms with E-state index in [1.54, 1.807) is 12.1 Å². The first-order valence-corrected chi connectivity index (χ1v) is 2.60. The number of para-hydroxylation sites is 1. The number of aliphatic hydroxyl groups is 1. The lowest BCUT2D eigenvalue weighted by atomic mass is 10.2. The summed E-state index contributed by atoms with van der Waals surface area (Å²) in [4.78, 5) is 0. The Kier molecular flexibility index (Phi) is 1.34. The zero-order valence-electron chi connectivity index (χ0n) is 5.78. The first kappa shape index (κ1) is 4.82. The molecule has 0 aromatic heterocycles. The molecule has 0 radical (unpaired) electrons. The molecule has 1 unspecified atom stereocenters. The molecule has 0 aliphatic rings. The molecular weight excluding hydrogens is 116 g/mol. The first-order valence-electron chi connectivity index (χ1n) is 3.18. The Morgan fingerprint density at radius 3 is 2.56 bits per heavy atom. The summed E-state index contributed by atoms with van der Waals surface area (Å²) in [5.41, 5.74) is 0.238. The molecule has 0 spiro atoms. The number of phenols is 1. The van der Waals surface area contributed by atoms with Crippen molar-refractivity contribution in [1.29, 1.82) is 0 Å². The van der Waals surface area contributed by atoms with Gasteiger partial charge in [-0.1, -0.05) is 18.2 Å². The summed E-state index contributed by atoms with van der Waals surface area (Å²) in [7, 11) is 0. The lowest BCUT2D eigenvalue weighted by Gasteiger charge is -1.96. The third-order valence-corrected chi connectivity index (χ3v) is 1.08. The van der Waals surface area contributed by atoms with E-state index in [4.69, 9.17) is 11.6 Å². The molecule has 0 amide bonds. The van der Waals surface area contributed by atoms with Gasteiger partial charge in [-0.05, 0) is 6.07 Å². The summed E-state index contributed by atoms with van der Waals surface area (Å²) in [6.45, 7) is -1.35. The molecule has 0 aliphatic heterocycles. The van der Waals surface area contributed by atoms with Crippen LogP contribution in [0.5, 0.6) is 5.75 Å². The highest BCUT2D eigenvalue weighted by molar-refractivity contribution is 5.30. The molecule has 0 fully saturated rings. The quantitative estimate of drug-likeness (QED) is 0.586. The summed E-state index contributed by atoms with van der Waals surface area (Å²) >= 11 is 0. The van der Waals surface area contributed by atoms with Crippen molar-refractivity contribution >= 4 is 0 Å². The maximum Gasteiger partial charge on any atom is 0.121 e. The van der Waals surface area contributed by atoms with Crippen molar-refractivity contribution in [2.45, 2.75) is 6.58 Å². The summed E-state index contributed by atoms with van der Waals surface area (Å²) in [5.74, 6) is -0.0370. The fourth-order valence-corrected chi connectivity index (χ4v) is 0.597. The number of hydrogen-bond acceptors (Lipinski definition) is 2. The molecule has 1 aromatic rings. The third-order valence-electron chi connectivity index (χ3n) is 1.08. The van der Waals surface area contributed by atoms with Gasteiger partial charge < -0.3 is 10.2 Å². The van der Waals surface area contributed by atoms with Gasteiger partial charge in [-0.3, -0.25) is 0 Å². The van der Waals surface area contributed by atoms with E-state index in [0.29, 0.717) is 0 Å². The van der Waals surface area contributed by atoms with Crippen molar-refractivity contribution in [3.8, 4) is 5.75 Å². The average Bonchev–Trinajstić information content (AvgIpc) is 1.88. The SMILES string of the molecule is [3H]C(O)c1ccccc1O. The van der Waals surface area contributed by atoms with Crippen LogP contribution in [0.2, 0.25) is 0 Å². The van der Waals surface area contributed by atoms with Crippen molar-refractivity contribution < 1.29 is 11.6 Å². The van der Waals surface area contributed by atoms with Gasteiger partial charge >= 0.3 is 0 Å². The van der Waals surface area contributed by atoms with Gasteiger partial charge in [0, 0.05) is 5.56 Å². The molecule has 0 bridgehead atoms. The second-order valence-corrected chi connectivity index (χ2v) is 1.69. The zero-order chi connectivity index (χ0) is 7.56. The summed E-state index contributed by atoms with van der Waals surface area (Å²) in [6, 6.07) is 6.24. The molecule has 48 valence electrons. The van der Waals surface area contributed by atoms with Crippen LogP contribution in [0.1, 0.15) is 6.93 Å². The van der Waals surface area contributed by atoms with Gasteiger partial charge in [0.1, 0.15) is 5.75 Å². The van der Waals surface area contributed by atoms with E-state index in [0.717, 1.165) is 0 Å². The predicted octanol–water partition coefficient (Wildman–Crippen LogP) is 0.884. The largest absolute Gasteiger partial charge is 0.508 e. The molecule has 2 heteroatoms. The van der Waals surface area contributed by atoms with Crippen LogP contribution in [-0.2, 0) is 6.58 Å². The second kappa shape index (κ2) is 2.51. The number of rotatable bonds is 1. The lowest BCUT2D eigenvalue weighted by Crippen LogP contribution is -1.80. The zero-order valence-corrected chi connectivity index (χ0v) is 4.78. The highest BCUT2D eigenvalue weighted by Gasteiger charge is 1.93. The minimum absolute atomic E-state index is 0.0370. The highest BCUT2D eigenvalue weighted by atomic mass is 16.3. The van der Waals surface area contributed by atoms with E-state index >= 15 is 0 Å². The molecule has 0 saturated heterocycles. The van der Waals surface area contributed by atoms with Gasteiger partial charge in [0.2, 0.25) is 0 Å². The van der Waals surface area contributed by atoms with Crippen LogP contribution in [0.25, 0.3) is 0 Å². The summed E-state index contributed by atoms with van der Waals surface area (Å²) in [6.07, 6.45) is 0. The van der Waals surface area contributed by atoms with Gasteiger partial charge in [-0.25, -0.2) is 0 Å². The molecule has 0 saturated carbocycles. The number of aromatic hydroxyl groups is 1. The van der Waals surface area contributed by atoms with Crippen LogP contribution < -0.4 is 0 Å². The number of hydrogen-bond donors (Lipinski definition) is 2. The molecule has 1 rings (SSSR count). The summed E-state index contributed by atoms with van der Waals surface area (Å²) in [5, 5.41) is 17.7. The minimum atomic E-state index is -1.35. The molecule has 2 N–H and O–H groups in total. The monoisotopic (exact) mass is 126 g/mol. The normalized spacial score (nSPS) is 14.6. The van der Waals surface area contributed by atoms with Crippen molar-refractivity contribution in [1.82, 2.24) is 0 Å². The van der Waals surface area contributed by atoms with E-state index < -0.39 is 6.58 Å². The standard InChI is InChI=1S/C7H8O2/c8-5-6-3-1-2-4-7(6)9/h1-4,8-9H,5H2/i5T. The number of aliphatic hydroxyl groups excluding tert-OH is 1. The Morgan fingerprint density at radius 1 is 1.44 bits per heavy atom. The number of benzene rings is 1. The van der Waals surface area contributed by atoms with Crippen LogP contribution in [0.4, 0.5) is 0 Å². The molecule has 9 heavy (non-hydrogen) atoms. The molecule has 0 aliphatic carbocycles. The van der Waals surface area contributed by atoms with Gasteiger partial charge in [0.25, 0.3) is 0 Å². The van der Waals surface area contributed by atoms with Gasteiger partial charge in [-0.2, -0.15) is 0 Å². The Morgan fingerprint density at radius 2 is 2.11 bits per heavy atom. The first-order chi connectivity index (χ1) is 4.72. The van der Waals surface area contributed by atoms with E-state index in [-0.39, 0.29) is 11.3 Å². The van der Waals surface area contributed by atoms with Crippen molar-refractivity contribution in [3.05, 3.63) is 29.8 Å². The molecule has 2 nitrogen and oxygen atoms in total. The van der Waals surface area contributed by atoms with Gasteiger partial charge in [0.15, 0.2) is 0 Å². The topological polar surface area (TPSA) is 40.5 Å². The molecular formula is C7H8O2. The van der Waals surface area contributed by atoms with Crippen molar-refractivity contribution in [2.24, 2.45) is 0 Å². The van der Waals surface area contributed by atoms with Crippen LogP contribution in [0.15, 0.2) is 24.3 Å². The molecule has 1 atom stereocenters. The lowest BCUT2D eigenvalue weighted by molar-refractivity contribution is 0.275. The Labute approximate surface area is 54.8 Å². The molecule has 0 heterocycles. The Bertz CT molecular complexity index is 223. The van der Waals surface area contributed by atoms with Gasteiger partial charge in [-0.15, -0.1) is 0 Å². The van der Waals surface area contributed by atoms with E-state index in [2.05, 4.69) is 0 Å². The van der Waals surface area contributed by atoms with Crippen LogP contribution >= 0.6 is 0 Å². The van der Waals surface area contributed by atoms with Crippen LogP contribution in [-0.4, -0.2) is 10.2 Å². The smallest absolute Gasteiger partial charge is 0.121 e. The minimum Gasteiger partial charge on any atom is -0.508 e. The van der Waals surface area contributed by atoms with Crippen LogP contribution in [0, 0.1) is 0 Å². The van der Waals surface area contributed by atoms with Crippen LogP contribution in [0.3, 0.4) is 0 Å². The predicted molar refractivity (Wildman–Crippen MR) is 34.0 cm³/mol. The Balaban J connectivity index is 3.03. The molecule has 1 aromatic carbocycles. The fraction of sp³-hybridized carbons (Fsp3) is 0.143. The highest BCUT2D eigenvalue weighted by Crippen LogP contribution is 2.14. The maximum atomic E-state index is 9.00. The fourth-order valence-electron chi connectivity index (χ4n) is 0.597. The van der Waals surface area contributed by atoms with E-state index in [1.165, 1.54) is 12.1 Å². The van der Waals surface area contributed by atoms with E-state index in [1.807, 2.05) is 0 Å². The Hall–Kier alpha value is -1.02. The average molecular weight is 126 g/mol. The summed E-state index contributed by atoms with van der Waals surface area (Å²) < 4.78 is 6.86. The van der Waals surface area contributed by atoms with E-state index in [9.17, 15) is 0 Å². The van der Waals surface area contributed by atoms with Crippen molar-refractivity contribution in [3.63, 3.8) is 0 Å². The second-order valence-electron chi connectivity index (χ2n) is 1.69.